The van der Waals surface area contributed by atoms with Crippen molar-refractivity contribution in [3.05, 3.63) is 83.9 Å². The highest BCUT2D eigenvalue weighted by atomic mass is 28.4. The number of amides is 2. The summed E-state index contributed by atoms with van der Waals surface area (Å²) >= 11 is 0. The molecule has 1 unspecified atom stereocenters. The van der Waals surface area contributed by atoms with Gasteiger partial charge in [-0.25, -0.2) is 4.79 Å². The van der Waals surface area contributed by atoms with Gasteiger partial charge in [-0.2, -0.15) is 0 Å². The van der Waals surface area contributed by atoms with Crippen LogP contribution in [-0.4, -0.2) is 31.5 Å². The number of carbonyl (C=O) groups is 2. The van der Waals surface area contributed by atoms with Gasteiger partial charge in [0.2, 0.25) is 0 Å². The number of hydrogen-bond donors (Lipinski definition) is 3. The minimum atomic E-state index is -1.87. The zero-order valence-corrected chi connectivity index (χ0v) is 23.1. The Morgan fingerprint density at radius 2 is 1.62 bits per heavy atom. The fraction of sp³-hybridized carbons (Fsp3) is 0.310. The Morgan fingerprint density at radius 3 is 2.19 bits per heavy atom. The van der Waals surface area contributed by atoms with Crippen molar-refractivity contribution >= 4 is 26.0 Å². The first kappa shape index (κ1) is 28.0. The van der Waals surface area contributed by atoms with Crippen molar-refractivity contribution in [3.8, 4) is 16.9 Å². The SMILES string of the molecule is CC(C)(C)[Si](C)(C)OCc1ccc(OC(Cc2cc(-c3ccccc3)ccc2NC(=O)O)C(N)=O)cc1. The monoisotopic (exact) mass is 520 g/mol. The first-order valence-corrected chi connectivity index (χ1v) is 15.1. The molecule has 4 N–H and O–H groups in total. The molecule has 2 amide bonds. The highest BCUT2D eigenvalue weighted by molar-refractivity contribution is 6.74. The van der Waals surface area contributed by atoms with Gasteiger partial charge in [-0.15, -0.1) is 0 Å². The number of carbonyl (C=O) groups excluding carboxylic acids is 1. The minimum Gasteiger partial charge on any atom is -0.480 e. The van der Waals surface area contributed by atoms with Gasteiger partial charge in [0.1, 0.15) is 5.75 Å². The van der Waals surface area contributed by atoms with Crippen molar-refractivity contribution < 1.29 is 23.9 Å². The van der Waals surface area contributed by atoms with Crippen molar-refractivity contribution in [1.82, 2.24) is 0 Å². The summed E-state index contributed by atoms with van der Waals surface area (Å²) < 4.78 is 12.2. The molecule has 0 saturated carbocycles. The van der Waals surface area contributed by atoms with Gasteiger partial charge in [0.25, 0.3) is 5.91 Å². The first-order valence-electron chi connectivity index (χ1n) is 12.2. The van der Waals surface area contributed by atoms with Crippen LogP contribution < -0.4 is 15.8 Å². The molecule has 1 atom stereocenters. The third kappa shape index (κ3) is 7.68. The molecule has 0 radical (unpaired) electrons. The van der Waals surface area contributed by atoms with Crippen molar-refractivity contribution in [1.29, 1.82) is 0 Å². The van der Waals surface area contributed by atoms with Crippen LogP contribution in [0.1, 0.15) is 31.9 Å². The molecule has 0 fully saturated rings. The average molecular weight is 521 g/mol. The van der Waals surface area contributed by atoms with Gasteiger partial charge in [0.05, 0.1) is 6.61 Å². The van der Waals surface area contributed by atoms with Gasteiger partial charge in [-0.1, -0.05) is 69.3 Å². The summed E-state index contributed by atoms with van der Waals surface area (Å²) in [6, 6.07) is 22.5. The Morgan fingerprint density at radius 1 is 0.973 bits per heavy atom. The van der Waals surface area contributed by atoms with Gasteiger partial charge in [-0.3, -0.25) is 10.1 Å². The van der Waals surface area contributed by atoms with Crippen molar-refractivity contribution in [2.75, 3.05) is 5.32 Å². The molecule has 3 rings (SSSR count). The summed E-state index contributed by atoms with van der Waals surface area (Å²) in [7, 11) is -1.87. The van der Waals surface area contributed by atoms with Crippen LogP contribution in [0.4, 0.5) is 10.5 Å². The van der Waals surface area contributed by atoms with Crippen molar-refractivity contribution in [3.63, 3.8) is 0 Å². The van der Waals surface area contributed by atoms with Crippen LogP contribution in [0.25, 0.3) is 11.1 Å². The van der Waals surface area contributed by atoms with E-state index in [1.54, 1.807) is 18.2 Å². The van der Waals surface area contributed by atoms with Crippen molar-refractivity contribution in [2.45, 2.75) is 58.0 Å². The molecule has 8 heteroatoms. The van der Waals surface area contributed by atoms with E-state index in [1.807, 2.05) is 54.6 Å². The molecule has 0 spiro atoms. The molecular weight excluding hydrogens is 484 g/mol. The van der Waals surface area contributed by atoms with Gasteiger partial charge >= 0.3 is 6.09 Å². The van der Waals surface area contributed by atoms with Crippen LogP contribution in [0, 0.1) is 0 Å². The molecule has 0 bridgehead atoms. The Kier molecular flexibility index (Phi) is 8.78. The molecule has 0 saturated heterocycles. The van der Waals surface area contributed by atoms with E-state index < -0.39 is 26.4 Å². The minimum absolute atomic E-state index is 0.0991. The maximum Gasteiger partial charge on any atom is 0.409 e. The number of hydrogen-bond acceptors (Lipinski definition) is 4. The normalized spacial score (nSPS) is 12.6. The Bertz CT molecular complexity index is 1220. The quantitative estimate of drug-likeness (QED) is 0.266. The maximum absolute atomic E-state index is 12.3. The lowest BCUT2D eigenvalue weighted by atomic mass is 9.98. The number of nitrogens with one attached hydrogen (secondary N) is 1. The predicted octanol–water partition coefficient (Wildman–Crippen LogP) is 6.44. The lowest BCUT2D eigenvalue weighted by Crippen LogP contribution is -2.40. The highest BCUT2D eigenvalue weighted by Gasteiger charge is 2.37. The number of anilines is 1. The Labute approximate surface area is 219 Å². The van der Waals surface area contributed by atoms with E-state index in [4.69, 9.17) is 14.9 Å². The van der Waals surface area contributed by atoms with Gasteiger partial charge < -0.3 is 20.0 Å². The summed E-state index contributed by atoms with van der Waals surface area (Å²) in [5.41, 5.74) is 9.53. The van der Waals surface area contributed by atoms with Crippen LogP contribution in [0.3, 0.4) is 0 Å². The molecule has 0 aliphatic rings. The topological polar surface area (TPSA) is 111 Å². The van der Waals surface area contributed by atoms with Crippen LogP contribution in [0.15, 0.2) is 72.8 Å². The van der Waals surface area contributed by atoms with Gasteiger partial charge in [-0.05, 0) is 64.7 Å². The second-order valence-corrected chi connectivity index (χ2v) is 15.4. The summed E-state index contributed by atoms with van der Waals surface area (Å²) in [4.78, 5) is 23.7. The fourth-order valence-corrected chi connectivity index (χ4v) is 4.48. The molecule has 0 aliphatic carbocycles. The predicted molar refractivity (Wildman–Crippen MR) is 149 cm³/mol. The second-order valence-electron chi connectivity index (χ2n) is 10.6. The van der Waals surface area contributed by atoms with E-state index in [0.29, 0.717) is 23.6 Å². The van der Waals surface area contributed by atoms with E-state index in [9.17, 15) is 14.7 Å². The molecule has 7 nitrogen and oxygen atoms in total. The maximum atomic E-state index is 12.3. The number of primary amides is 1. The number of nitrogens with two attached hydrogens (primary N) is 1. The Balaban J connectivity index is 1.78. The number of ether oxygens (including phenoxy) is 1. The molecule has 0 heterocycles. The molecule has 0 aromatic heterocycles. The largest absolute Gasteiger partial charge is 0.480 e. The van der Waals surface area contributed by atoms with Crippen molar-refractivity contribution in [2.24, 2.45) is 5.73 Å². The Hall–Kier alpha value is -3.62. The summed E-state index contributed by atoms with van der Waals surface area (Å²) in [5, 5.41) is 11.8. The molecule has 0 aliphatic heterocycles. The molecule has 3 aromatic rings. The third-order valence-corrected chi connectivity index (χ3v) is 11.3. The number of carboxylic acid groups (broad SMARTS) is 1. The lowest BCUT2D eigenvalue weighted by Gasteiger charge is -2.36. The fourth-order valence-electron chi connectivity index (χ4n) is 3.52. The summed E-state index contributed by atoms with van der Waals surface area (Å²) in [6.45, 7) is 11.5. The zero-order valence-electron chi connectivity index (χ0n) is 22.1. The van der Waals surface area contributed by atoms with E-state index in [-0.39, 0.29) is 11.5 Å². The average Bonchev–Trinajstić information content (AvgIpc) is 2.83. The third-order valence-electron chi connectivity index (χ3n) is 6.78. The van der Waals surface area contributed by atoms with Crippen LogP contribution in [0.5, 0.6) is 5.75 Å². The smallest absolute Gasteiger partial charge is 0.409 e. The van der Waals surface area contributed by atoms with E-state index in [2.05, 4.69) is 39.2 Å². The number of rotatable bonds is 10. The van der Waals surface area contributed by atoms with Crippen LogP contribution >= 0.6 is 0 Å². The van der Waals surface area contributed by atoms with Crippen LogP contribution in [-0.2, 0) is 22.2 Å². The van der Waals surface area contributed by atoms with E-state index in [1.165, 1.54) is 0 Å². The number of benzene rings is 3. The summed E-state index contributed by atoms with van der Waals surface area (Å²) in [5.74, 6) is -0.149. The van der Waals surface area contributed by atoms with E-state index >= 15 is 0 Å². The first-order chi connectivity index (χ1) is 17.4. The van der Waals surface area contributed by atoms with Gasteiger partial charge in [0, 0.05) is 12.1 Å². The highest BCUT2D eigenvalue weighted by Crippen LogP contribution is 2.37. The second kappa shape index (κ2) is 11.6. The lowest BCUT2D eigenvalue weighted by molar-refractivity contribution is -0.124. The zero-order chi connectivity index (χ0) is 27.2. The molecular formula is C29H36N2O5Si. The van der Waals surface area contributed by atoms with Crippen LogP contribution in [0.2, 0.25) is 18.1 Å². The van der Waals surface area contributed by atoms with E-state index in [0.717, 1.165) is 16.7 Å². The standard InChI is InChI=1S/C29H36N2O5Si/c1-29(2,3)37(4,5)35-19-20-11-14-24(15-12-20)36-26(27(30)32)18-23-17-22(21-9-7-6-8-10-21)13-16-25(23)31-28(33)34/h6-17,26,31H,18-19H2,1-5H3,(H2,30,32)(H,33,34). The molecule has 196 valence electrons. The van der Waals surface area contributed by atoms with Gasteiger partial charge in [0.15, 0.2) is 14.4 Å². The molecule has 3 aromatic carbocycles. The molecule has 37 heavy (non-hydrogen) atoms. The summed E-state index contributed by atoms with van der Waals surface area (Å²) in [6.07, 6.45) is -2.09.